The van der Waals surface area contributed by atoms with Gasteiger partial charge in [0.25, 0.3) is 0 Å². The molecular formula is C14H23N3O4. The minimum atomic E-state index is -0.449. The molecule has 21 heavy (non-hydrogen) atoms. The Morgan fingerprint density at radius 1 is 1.48 bits per heavy atom. The van der Waals surface area contributed by atoms with Gasteiger partial charge in [0, 0.05) is 20.3 Å². The number of methoxy groups -OCH3 is 1. The van der Waals surface area contributed by atoms with Gasteiger partial charge in [0.15, 0.2) is 5.69 Å². The molecule has 0 saturated carbocycles. The van der Waals surface area contributed by atoms with Gasteiger partial charge in [0.2, 0.25) is 0 Å². The quantitative estimate of drug-likeness (QED) is 0.532. The summed E-state index contributed by atoms with van der Waals surface area (Å²) in [6.07, 6.45) is 4.67. The van der Waals surface area contributed by atoms with Gasteiger partial charge >= 0.3 is 5.97 Å². The lowest BCUT2D eigenvalue weighted by molar-refractivity contribution is 0.0380. The standard InChI is InChI=1S/C14H23N3O4/c1-11-13(14(18)21-10-9-19-2)15-16-17(11)7-3-5-12-6-4-8-20-12/h12H,3-10H2,1-2H3. The summed E-state index contributed by atoms with van der Waals surface area (Å²) in [5.74, 6) is -0.449. The first kappa shape index (κ1) is 15.9. The van der Waals surface area contributed by atoms with Gasteiger partial charge in [-0.25, -0.2) is 9.48 Å². The van der Waals surface area contributed by atoms with E-state index in [0.717, 1.165) is 44.5 Å². The predicted molar refractivity (Wildman–Crippen MR) is 75.1 cm³/mol. The zero-order chi connectivity index (χ0) is 15.1. The van der Waals surface area contributed by atoms with Crippen molar-refractivity contribution in [2.75, 3.05) is 26.9 Å². The fourth-order valence-corrected chi connectivity index (χ4v) is 2.39. The average molecular weight is 297 g/mol. The van der Waals surface area contributed by atoms with E-state index in [4.69, 9.17) is 14.2 Å². The molecule has 1 saturated heterocycles. The van der Waals surface area contributed by atoms with E-state index in [9.17, 15) is 4.79 Å². The SMILES string of the molecule is COCCOC(=O)c1nnn(CCCC2CCCO2)c1C. The second-order valence-corrected chi connectivity index (χ2v) is 5.15. The number of hydrogen-bond acceptors (Lipinski definition) is 6. The van der Waals surface area contributed by atoms with E-state index in [-0.39, 0.29) is 12.3 Å². The van der Waals surface area contributed by atoms with Crippen molar-refractivity contribution < 1.29 is 19.0 Å². The molecule has 1 aliphatic heterocycles. The maximum absolute atomic E-state index is 11.8. The molecule has 118 valence electrons. The Hall–Kier alpha value is -1.47. The normalized spacial score (nSPS) is 18.1. The number of ether oxygens (including phenoxy) is 3. The van der Waals surface area contributed by atoms with Crippen molar-refractivity contribution in [3.05, 3.63) is 11.4 Å². The fraction of sp³-hybridized carbons (Fsp3) is 0.786. The molecule has 1 aromatic heterocycles. The van der Waals surface area contributed by atoms with Crippen molar-refractivity contribution in [3.63, 3.8) is 0 Å². The lowest BCUT2D eigenvalue weighted by atomic mass is 10.1. The van der Waals surface area contributed by atoms with Crippen LogP contribution in [0.15, 0.2) is 0 Å². The minimum absolute atomic E-state index is 0.223. The molecular weight excluding hydrogens is 274 g/mol. The van der Waals surface area contributed by atoms with Crippen LogP contribution in [0, 0.1) is 6.92 Å². The molecule has 1 aliphatic rings. The minimum Gasteiger partial charge on any atom is -0.458 e. The van der Waals surface area contributed by atoms with Gasteiger partial charge in [0.1, 0.15) is 6.61 Å². The van der Waals surface area contributed by atoms with Gasteiger partial charge in [-0.1, -0.05) is 5.21 Å². The summed E-state index contributed by atoms with van der Waals surface area (Å²) in [7, 11) is 1.56. The van der Waals surface area contributed by atoms with Gasteiger partial charge in [-0.3, -0.25) is 0 Å². The van der Waals surface area contributed by atoms with Gasteiger partial charge in [-0.2, -0.15) is 0 Å². The topological polar surface area (TPSA) is 75.5 Å². The summed E-state index contributed by atoms with van der Waals surface area (Å²) in [4.78, 5) is 11.8. The predicted octanol–water partition coefficient (Wildman–Crippen LogP) is 1.35. The Labute approximate surface area is 124 Å². The number of esters is 1. The van der Waals surface area contributed by atoms with Crippen LogP contribution in [0.25, 0.3) is 0 Å². The molecule has 0 spiro atoms. The van der Waals surface area contributed by atoms with Gasteiger partial charge < -0.3 is 14.2 Å². The van der Waals surface area contributed by atoms with Crippen molar-refractivity contribution in [3.8, 4) is 0 Å². The molecule has 7 nitrogen and oxygen atoms in total. The maximum atomic E-state index is 11.8. The second kappa shape index (κ2) is 8.09. The first-order valence-corrected chi connectivity index (χ1v) is 7.40. The Kier molecular flexibility index (Phi) is 6.13. The van der Waals surface area contributed by atoms with Crippen LogP contribution in [0.5, 0.6) is 0 Å². The Balaban J connectivity index is 1.80. The van der Waals surface area contributed by atoms with Crippen molar-refractivity contribution in [2.24, 2.45) is 0 Å². The molecule has 1 unspecified atom stereocenters. The van der Waals surface area contributed by atoms with Crippen LogP contribution in [0.2, 0.25) is 0 Å². The van der Waals surface area contributed by atoms with Crippen molar-refractivity contribution >= 4 is 5.97 Å². The number of aromatic nitrogens is 3. The largest absolute Gasteiger partial charge is 0.458 e. The Bertz CT molecular complexity index is 455. The molecule has 0 radical (unpaired) electrons. The van der Waals surface area contributed by atoms with Gasteiger partial charge in [-0.05, 0) is 32.6 Å². The van der Waals surface area contributed by atoms with E-state index in [1.165, 1.54) is 0 Å². The van der Waals surface area contributed by atoms with E-state index in [1.807, 2.05) is 6.92 Å². The second-order valence-electron chi connectivity index (χ2n) is 5.15. The van der Waals surface area contributed by atoms with E-state index >= 15 is 0 Å². The van der Waals surface area contributed by atoms with E-state index in [0.29, 0.717) is 12.7 Å². The fourth-order valence-electron chi connectivity index (χ4n) is 2.39. The number of nitrogens with zero attached hydrogens (tertiary/aromatic N) is 3. The summed E-state index contributed by atoms with van der Waals surface area (Å²) >= 11 is 0. The van der Waals surface area contributed by atoms with Crippen LogP contribution in [0.4, 0.5) is 0 Å². The highest BCUT2D eigenvalue weighted by Gasteiger charge is 2.19. The highest BCUT2D eigenvalue weighted by Crippen LogP contribution is 2.17. The number of aryl methyl sites for hydroxylation is 1. The number of carbonyl (C=O) groups excluding carboxylic acids is 1. The molecule has 1 fully saturated rings. The molecule has 1 atom stereocenters. The van der Waals surface area contributed by atoms with Crippen LogP contribution in [0.1, 0.15) is 41.9 Å². The molecule has 1 aromatic rings. The van der Waals surface area contributed by atoms with E-state index < -0.39 is 5.97 Å². The third-order valence-corrected chi connectivity index (χ3v) is 3.62. The summed E-state index contributed by atoms with van der Waals surface area (Å²) in [6.45, 7) is 4.05. The lowest BCUT2D eigenvalue weighted by Crippen LogP contribution is -2.12. The summed E-state index contributed by atoms with van der Waals surface area (Å²) < 4.78 is 17.2. The van der Waals surface area contributed by atoms with Crippen molar-refractivity contribution in [1.82, 2.24) is 15.0 Å². The van der Waals surface area contributed by atoms with E-state index in [1.54, 1.807) is 11.8 Å². The molecule has 7 heteroatoms. The van der Waals surface area contributed by atoms with Crippen molar-refractivity contribution in [1.29, 1.82) is 0 Å². The molecule has 2 rings (SSSR count). The van der Waals surface area contributed by atoms with Crippen LogP contribution < -0.4 is 0 Å². The van der Waals surface area contributed by atoms with Crippen molar-refractivity contribution in [2.45, 2.75) is 45.3 Å². The first-order chi connectivity index (χ1) is 10.2. The molecule has 2 heterocycles. The molecule has 0 bridgehead atoms. The summed E-state index contributed by atoms with van der Waals surface area (Å²) in [5.41, 5.74) is 1.02. The lowest BCUT2D eigenvalue weighted by Gasteiger charge is -2.09. The van der Waals surface area contributed by atoms with Crippen LogP contribution in [-0.2, 0) is 20.8 Å². The first-order valence-electron chi connectivity index (χ1n) is 7.40. The van der Waals surface area contributed by atoms with Gasteiger partial charge in [0.05, 0.1) is 18.4 Å². The summed E-state index contributed by atoms with van der Waals surface area (Å²) in [5, 5.41) is 7.93. The molecule has 0 aliphatic carbocycles. The summed E-state index contributed by atoms with van der Waals surface area (Å²) in [6, 6.07) is 0. The Morgan fingerprint density at radius 2 is 2.33 bits per heavy atom. The highest BCUT2D eigenvalue weighted by molar-refractivity contribution is 5.88. The Morgan fingerprint density at radius 3 is 3.05 bits per heavy atom. The highest BCUT2D eigenvalue weighted by atomic mass is 16.6. The zero-order valence-corrected chi connectivity index (χ0v) is 12.7. The van der Waals surface area contributed by atoms with Crippen LogP contribution in [-0.4, -0.2) is 54.0 Å². The number of hydrogen-bond donors (Lipinski definition) is 0. The number of rotatable bonds is 8. The molecule has 0 N–H and O–H groups in total. The molecule has 0 aromatic carbocycles. The third kappa shape index (κ3) is 4.50. The van der Waals surface area contributed by atoms with Crippen LogP contribution in [0.3, 0.4) is 0 Å². The monoisotopic (exact) mass is 297 g/mol. The van der Waals surface area contributed by atoms with Crippen LogP contribution >= 0.6 is 0 Å². The maximum Gasteiger partial charge on any atom is 0.360 e. The third-order valence-electron chi connectivity index (χ3n) is 3.62. The van der Waals surface area contributed by atoms with Gasteiger partial charge in [-0.15, -0.1) is 5.10 Å². The molecule has 0 amide bonds. The van der Waals surface area contributed by atoms with E-state index in [2.05, 4.69) is 10.3 Å². The number of carbonyl (C=O) groups is 1. The smallest absolute Gasteiger partial charge is 0.360 e. The average Bonchev–Trinajstić information content (AvgIpc) is 3.10. The zero-order valence-electron chi connectivity index (χ0n) is 12.7.